The van der Waals surface area contributed by atoms with Gasteiger partial charge in [0.25, 0.3) is 0 Å². The Kier molecular flexibility index (Phi) is 5.01. The Morgan fingerprint density at radius 3 is 2.38 bits per heavy atom. The highest BCUT2D eigenvalue weighted by molar-refractivity contribution is 7.92. The first-order valence-corrected chi connectivity index (χ1v) is 9.24. The van der Waals surface area contributed by atoms with Crippen molar-refractivity contribution in [3.63, 3.8) is 0 Å². The molecule has 10 heteroatoms. The van der Waals surface area contributed by atoms with E-state index < -0.39 is 27.3 Å². The van der Waals surface area contributed by atoms with Crippen molar-refractivity contribution in [2.24, 2.45) is 0 Å². The number of sulfone groups is 1. The van der Waals surface area contributed by atoms with Crippen LogP contribution in [0.4, 0.5) is 10.4 Å². The molecule has 1 heterocycles. The van der Waals surface area contributed by atoms with Crippen LogP contribution in [0.25, 0.3) is 11.5 Å². The molecule has 1 amide bonds. The summed E-state index contributed by atoms with van der Waals surface area (Å²) in [5.74, 6) is -2.01. The molecule has 0 atom stereocenters. The quantitative estimate of drug-likeness (QED) is 0.712. The summed E-state index contributed by atoms with van der Waals surface area (Å²) in [6.45, 7) is 0. The van der Waals surface area contributed by atoms with Crippen molar-refractivity contribution < 1.29 is 22.0 Å². The number of benzene rings is 2. The molecule has 0 aliphatic carbocycles. The summed E-state index contributed by atoms with van der Waals surface area (Å²) in [4.78, 5) is 11.9. The van der Waals surface area contributed by atoms with Gasteiger partial charge in [0.15, 0.2) is 9.84 Å². The van der Waals surface area contributed by atoms with Crippen molar-refractivity contribution in [2.75, 3.05) is 11.1 Å². The molecule has 0 bridgehead atoms. The molecule has 0 fully saturated rings. The van der Waals surface area contributed by atoms with E-state index in [9.17, 15) is 17.6 Å². The fraction of sp³-hybridized carbons (Fsp3) is 0.0625. The number of hydrogen-bond donors (Lipinski definition) is 1. The Morgan fingerprint density at radius 2 is 1.73 bits per heavy atom. The van der Waals surface area contributed by atoms with Crippen LogP contribution in [-0.2, 0) is 14.6 Å². The minimum Gasteiger partial charge on any atom is -0.403 e. The number of amides is 1. The number of hydrogen-bond acceptors (Lipinski definition) is 6. The fourth-order valence-electron chi connectivity index (χ4n) is 2.04. The van der Waals surface area contributed by atoms with E-state index in [4.69, 9.17) is 16.0 Å². The highest BCUT2D eigenvalue weighted by Crippen LogP contribution is 2.20. The van der Waals surface area contributed by atoms with Gasteiger partial charge in [0.05, 0.1) is 4.90 Å². The largest absolute Gasteiger partial charge is 0.403 e. The van der Waals surface area contributed by atoms with Gasteiger partial charge in [0.2, 0.25) is 11.8 Å². The van der Waals surface area contributed by atoms with Gasteiger partial charge in [-0.3, -0.25) is 10.1 Å². The third kappa shape index (κ3) is 4.24. The van der Waals surface area contributed by atoms with Gasteiger partial charge in [-0.05, 0) is 48.5 Å². The van der Waals surface area contributed by atoms with Gasteiger partial charge in [-0.25, -0.2) is 12.8 Å². The standard InChI is InChI=1S/C16H11ClFN3O4S/c17-11-3-7-13(8-4-11)26(23,24)9-14(22)19-16-21-20-15(25-16)10-1-5-12(18)6-2-10/h1-8H,9H2,(H,19,21,22). The second-order valence-electron chi connectivity index (χ2n) is 5.18. The molecule has 0 aliphatic heterocycles. The Balaban J connectivity index is 1.68. The van der Waals surface area contributed by atoms with E-state index in [1.807, 2.05) is 0 Å². The lowest BCUT2D eigenvalue weighted by Crippen LogP contribution is -2.23. The summed E-state index contributed by atoms with van der Waals surface area (Å²) < 4.78 is 42.5. The van der Waals surface area contributed by atoms with Crippen LogP contribution in [0.1, 0.15) is 0 Å². The lowest BCUT2D eigenvalue weighted by molar-refractivity contribution is -0.114. The monoisotopic (exact) mass is 395 g/mol. The van der Waals surface area contributed by atoms with Crippen molar-refractivity contribution in [1.82, 2.24) is 10.2 Å². The van der Waals surface area contributed by atoms with Gasteiger partial charge < -0.3 is 4.42 Å². The van der Waals surface area contributed by atoms with E-state index in [1.165, 1.54) is 48.5 Å². The summed E-state index contributed by atoms with van der Waals surface area (Å²) in [7, 11) is -3.85. The van der Waals surface area contributed by atoms with E-state index in [2.05, 4.69) is 15.5 Å². The Labute approximate surface area is 152 Å². The normalized spacial score (nSPS) is 11.3. The number of halogens is 2. The molecule has 3 rings (SSSR count). The van der Waals surface area contributed by atoms with Crippen LogP contribution >= 0.6 is 11.6 Å². The summed E-state index contributed by atoms with van der Waals surface area (Å²) in [6, 6.07) is 10.5. The number of rotatable bonds is 5. The average Bonchev–Trinajstić information content (AvgIpc) is 3.03. The van der Waals surface area contributed by atoms with Crippen LogP contribution in [0, 0.1) is 5.82 Å². The zero-order valence-electron chi connectivity index (χ0n) is 13.0. The minimum absolute atomic E-state index is 0.0328. The van der Waals surface area contributed by atoms with Crippen LogP contribution < -0.4 is 5.32 Å². The SMILES string of the molecule is O=C(CS(=O)(=O)c1ccc(Cl)cc1)Nc1nnc(-c2ccc(F)cc2)o1. The van der Waals surface area contributed by atoms with Crippen molar-refractivity contribution in [2.45, 2.75) is 4.90 Å². The molecule has 0 saturated carbocycles. The van der Waals surface area contributed by atoms with Crippen LogP contribution in [0.3, 0.4) is 0 Å². The molecule has 1 N–H and O–H groups in total. The molecule has 7 nitrogen and oxygen atoms in total. The molecule has 3 aromatic rings. The van der Waals surface area contributed by atoms with E-state index in [-0.39, 0.29) is 16.8 Å². The molecule has 0 spiro atoms. The highest BCUT2D eigenvalue weighted by atomic mass is 35.5. The van der Waals surface area contributed by atoms with Crippen molar-refractivity contribution >= 4 is 33.4 Å². The van der Waals surface area contributed by atoms with Crippen molar-refractivity contribution in [3.05, 3.63) is 59.4 Å². The lowest BCUT2D eigenvalue weighted by Gasteiger charge is -2.04. The molecule has 0 unspecified atom stereocenters. The van der Waals surface area contributed by atoms with Gasteiger partial charge in [0.1, 0.15) is 11.6 Å². The molecular formula is C16H11ClFN3O4S. The summed E-state index contributed by atoms with van der Waals surface area (Å²) in [6.07, 6.45) is 0. The first-order chi connectivity index (χ1) is 12.3. The maximum atomic E-state index is 12.9. The smallest absolute Gasteiger partial charge is 0.322 e. The summed E-state index contributed by atoms with van der Waals surface area (Å²) in [5, 5.41) is 9.93. The van der Waals surface area contributed by atoms with Crippen molar-refractivity contribution in [1.29, 1.82) is 0 Å². The van der Waals surface area contributed by atoms with Gasteiger partial charge in [-0.15, -0.1) is 5.10 Å². The molecule has 2 aromatic carbocycles. The van der Waals surface area contributed by atoms with Crippen LogP contribution in [0.15, 0.2) is 57.8 Å². The summed E-state index contributed by atoms with van der Waals surface area (Å²) >= 11 is 5.71. The van der Waals surface area contributed by atoms with E-state index in [0.717, 1.165) is 0 Å². The van der Waals surface area contributed by atoms with Crippen LogP contribution in [0.5, 0.6) is 0 Å². The highest BCUT2D eigenvalue weighted by Gasteiger charge is 2.21. The maximum Gasteiger partial charge on any atom is 0.322 e. The molecular weight excluding hydrogens is 385 g/mol. The fourth-order valence-corrected chi connectivity index (χ4v) is 3.30. The lowest BCUT2D eigenvalue weighted by atomic mass is 10.2. The average molecular weight is 396 g/mol. The molecule has 26 heavy (non-hydrogen) atoms. The third-order valence-electron chi connectivity index (χ3n) is 3.26. The van der Waals surface area contributed by atoms with Crippen LogP contribution in [-0.4, -0.2) is 30.3 Å². The number of anilines is 1. The van der Waals surface area contributed by atoms with Gasteiger partial charge in [-0.1, -0.05) is 16.7 Å². The second kappa shape index (κ2) is 7.22. The number of nitrogens with zero attached hydrogens (tertiary/aromatic N) is 2. The van der Waals surface area contributed by atoms with E-state index in [1.54, 1.807) is 0 Å². The Morgan fingerprint density at radius 1 is 1.08 bits per heavy atom. The maximum absolute atomic E-state index is 12.9. The number of aromatic nitrogens is 2. The molecule has 0 saturated heterocycles. The molecule has 0 aliphatic rings. The Bertz CT molecular complexity index is 1030. The van der Waals surface area contributed by atoms with Gasteiger partial charge in [0, 0.05) is 10.6 Å². The predicted molar refractivity (Wildman–Crippen MR) is 91.8 cm³/mol. The molecule has 0 radical (unpaired) electrons. The van der Waals surface area contributed by atoms with Gasteiger partial charge >= 0.3 is 6.01 Å². The zero-order chi connectivity index (χ0) is 18.7. The number of carbonyl (C=O) groups is 1. The first-order valence-electron chi connectivity index (χ1n) is 7.21. The number of nitrogens with one attached hydrogen (secondary N) is 1. The topological polar surface area (TPSA) is 102 Å². The molecule has 134 valence electrons. The van der Waals surface area contributed by atoms with E-state index in [0.29, 0.717) is 10.6 Å². The summed E-state index contributed by atoms with van der Waals surface area (Å²) in [5.41, 5.74) is 0.452. The van der Waals surface area contributed by atoms with Crippen LogP contribution in [0.2, 0.25) is 5.02 Å². The van der Waals surface area contributed by atoms with Gasteiger partial charge in [-0.2, -0.15) is 0 Å². The van der Waals surface area contributed by atoms with E-state index >= 15 is 0 Å². The first kappa shape index (κ1) is 18.0. The number of carbonyl (C=O) groups excluding carboxylic acids is 1. The minimum atomic E-state index is -3.85. The third-order valence-corrected chi connectivity index (χ3v) is 5.14. The predicted octanol–water partition coefficient (Wildman–Crippen LogP) is 2.94. The van der Waals surface area contributed by atoms with Crippen molar-refractivity contribution in [3.8, 4) is 11.5 Å². The second-order valence-corrected chi connectivity index (χ2v) is 7.61. The molecule has 1 aromatic heterocycles. The Hall–Kier alpha value is -2.78. The zero-order valence-corrected chi connectivity index (χ0v) is 14.6.